The molecule has 1 aliphatic heterocycles. The van der Waals surface area contributed by atoms with Gasteiger partial charge >= 0.3 is 6.03 Å². The molecule has 0 saturated carbocycles. The lowest BCUT2D eigenvalue weighted by atomic mass is 10.3. The van der Waals surface area contributed by atoms with E-state index in [4.69, 9.17) is 0 Å². The number of rotatable bonds is 2. The first-order valence-electron chi connectivity index (χ1n) is 6.29. The van der Waals surface area contributed by atoms with Gasteiger partial charge in [-0.3, -0.25) is 4.79 Å². The Labute approximate surface area is 112 Å². The van der Waals surface area contributed by atoms with Crippen molar-refractivity contribution >= 4 is 23.3 Å². The Morgan fingerprint density at radius 3 is 2.11 bits per heavy atom. The zero-order valence-electron chi connectivity index (χ0n) is 10.9. The molecule has 1 saturated heterocycles. The fourth-order valence-corrected chi connectivity index (χ4v) is 1.91. The number of nitrogens with one attached hydrogen (secondary N) is 3. The number of piperazine rings is 1. The van der Waals surface area contributed by atoms with Gasteiger partial charge in [0, 0.05) is 44.5 Å². The van der Waals surface area contributed by atoms with Gasteiger partial charge < -0.3 is 20.9 Å². The first-order valence-corrected chi connectivity index (χ1v) is 6.29. The summed E-state index contributed by atoms with van der Waals surface area (Å²) in [6, 6.07) is 6.97. The Bertz CT molecular complexity index is 452. The Balaban J connectivity index is 1.91. The normalized spacial score (nSPS) is 14.9. The molecular formula is C13H18N4O2. The van der Waals surface area contributed by atoms with Crippen molar-refractivity contribution in [1.29, 1.82) is 0 Å². The van der Waals surface area contributed by atoms with Crippen LogP contribution in [-0.2, 0) is 4.79 Å². The summed E-state index contributed by atoms with van der Waals surface area (Å²) in [6.45, 7) is 4.55. The van der Waals surface area contributed by atoms with Crippen molar-refractivity contribution in [1.82, 2.24) is 10.2 Å². The van der Waals surface area contributed by atoms with E-state index >= 15 is 0 Å². The highest BCUT2D eigenvalue weighted by molar-refractivity contribution is 5.91. The monoisotopic (exact) mass is 262 g/mol. The van der Waals surface area contributed by atoms with Crippen LogP contribution in [0.2, 0.25) is 0 Å². The van der Waals surface area contributed by atoms with Gasteiger partial charge in [0.05, 0.1) is 0 Å². The van der Waals surface area contributed by atoms with Gasteiger partial charge in [-0.1, -0.05) is 0 Å². The average molecular weight is 262 g/mol. The van der Waals surface area contributed by atoms with E-state index in [9.17, 15) is 9.59 Å². The number of hydrogen-bond acceptors (Lipinski definition) is 3. The largest absolute Gasteiger partial charge is 0.326 e. The summed E-state index contributed by atoms with van der Waals surface area (Å²) in [7, 11) is 0. The molecule has 1 heterocycles. The Kier molecular flexibility index (Phi) is 4.35. The van der Waals surface area contributed by atoms with Gasteiger partial charge in [0.1, 0.15) is 0 Å². The molecule has 6 heteroatoms. The zero-order valence-corrected chi connectivity index (χ0v) is 10.9. The Morgan fingerprint density at radius 1 is 1.05 bits per heavy atom. The van der Waals surface area contributed by atoms with Crippen LogP contribution in [0, 0.1) is 0 Å². The number of carbonyl (C=O) groups is 2. The van der Waals surface area contributed by atoms with E-state index in [-0.39, 0.29) is 11.9 Å². The Hall–Kier alpha value is -2.08. The van der Waals surface area contributed by atoms with Crippen LogP contribution >= 0.6 is 0 Å². The second-order valence-electron chi connectivity index (χ2n) is 4.43. The second-order valence-corrected chi connectivity index (χ2v) is 4.43. The van der Waals surface area contributed by atoms with E-state index in [1.807, 2.05) is 0 Å². The third-order valence-electron chi connectivity index (χ3n) is 2.86. The maximum Gasteiger partial charge on any atom is 0.321 e. The van der Waals surface area contributed by atoms with Gasteiger partial charge in [0.2, 0.25) is 5.91 Å². The molecule has 0 radical (unpaired) electrons. The van der Waals surface area contributed by atoms with Crippen LogP contribution in [0.5, 0.6) is 0 Å². The quantitative estimate of drug-likeness (QED) is 0.746. The van der Waals surface area contributed by atoms with Crippen LogP contribution in [0.25, 0.3) is 0 Å². The lowest BCUT2D eigenvalue weighted by Gasteiger charge is -2.27. The zero-order chi connectivity index (χ0) is 13.7. The molecular weight excluding hydrogens is 244 g/mol. The maximum atomic E-state index is 11.9. The van der Waals surface area contributed by atoms with Crippen LogP contribution in [0.3, 0.4) is 0 Å². The Morgan fingerprint density at radius 2 is 1.58 bits per heavy atom. The minimum absolute atomic E-state index is 0.0891. The molecule has 102 valence electrons. The lowest BCUT2D eigenvalue weighted by Crippen LogP contribution is -2.48. The van der Waals surface area contributed by atoms with Gasteiger partial charge in [-0.25, -0.2) is 4.79 Å². The van der Waals surface area contributed by atoms with Crippen molar-refractivity contribution in [3.05, 3.63) is 24.3 Å². The van der Waals surface area contributed by atoms with Crippen LogP contribution in [0.1, 0.15) is 6.92 Å². The van der Waals surface area contributed by atoms with Gasteiger partial charge in [-0.05, 0) is 24.3 Å². The van der Waals surface area contributed by atoms with Crippen LogP contribution < -0.4 is 16.0 Å². The first kappa shape index (κ1) is 13.4. The van der Waals surface area contributed by atoms with Crippen molar-refractivity contribution in [3.8, 4) is 0 Å². The highest BCUT2D eigenvalue weighted by Crippen LogP contribution is 2.14. The topological polar surface area (TPSA) is 73.5 Å². The molecule has 3 amide bonds. The number of nitrogens with zero attached hydrogens (tertiary/aromatic N) is 1. The van der Waals surface area contributed by atoms with Gasteiger partial charge in [0.15, 0.2) is 0 Å². The van der Waals surface area contributed by atoms with Crippen LogP contribution in [0.15, 0.2) is 24.3 Å². The molecule has 1 aromatic carbocycles. The summed E-state index contributed by atoms with van der Waals surface area (Å²) in [5, 5.41) is 8.71. The number of anilines is 2. The smallest absolute Gasteiger partial charge is 0.321 e. The molecule has 0 aliphatic carbocycles. The van der Waals surface area contributed by atoms with E-state index in [1.165, 1.54) is 6.92 Å². The van der Waals surface area contributed by atoms with Gasteiger partial charge in [0.25, 0.3) is 0 Å². The molecule has 1 fully saturated rings. The summed E-state index contributed by atoms with van der Waals surface area (Å²) in [6.07, 6.45) is 0. The van der Waals surface area contributed by atoms with Crippen molar-refractivity contribution in [3.63, 3.8) is 0 Å². The van der Waals surface area contributed by atoms with Crippen molar-refractivity contribution < 1.29 is 9.59 Å². The van der Waals surface area contributed by atoms with Crippen molar-refractivity contribution in [2.45, 2.75) is 6.92 Å². The van der Waals surface area contributed by atoms with E-state index in [1.54, 1.807) is 29.2 Å². The molecule has 1 aromatic rings. The molecule has 2 rings (SSSR count). The van der Waals surface area contributed by atoms with Gasteiger partial charge in [-0.15, -0.1) is 0 Å². The second kappa shape index (κ2) is 6.19. The third-order valence-corrected chi connectivity index (χ3v) is 2.86. The summed E-state index contributed by atoms with van der Waals surface area (Å²) in [4.78, 5) is 24.6. The number of urea groups is 1. The third kappa shape index (κ3) is 3.96. The minimum Gasteiger partial charge on any atom is -0.326 e. The summed E-state index contributed by atoms with van der Waals surface area (Å²) in [5.74, 6) is -0.113. The summed E-state index contributed by atoms with van der Waals surface area (Å²) < 4.78 is 0. The molecule has 6 nitrogen and oxygen atoms in total. The average Bonchev–Trinajstić information content (AvgIpc) is 2.41. The number of benzene rings is 1. The van der Waals surface area contributed by atoms with E-state index in [2.05, 4.69) is 16.0 Å². The van der Waals surface area contributed by atoms with Crippen LogP contribution in [-0.4, -0.2) is 43.0 Å². The molecule has 0 unspecified atom stereocenters. The van der Waals surface area contributed by atoms with Crippen molar-refractivity contribution in [2.24, 2.45) is 0 Å². The summed E-state index contributed by atoms with van der Waals surface area (Å²) in [5.41, 5.74) is 1.44. The molecule has 0 spiro atoms. The standard InChI is InChI=1S/C13H18N4O2/c1-10(18)15-11-2-4-12(5-3-11)16-13(19)17-8-6-14-7-9-17/h2-5,14H,6-9H2,1H3,(H,15,18)(H,16,19). The van der Waals surface area contributed by atoms with E-state index in [0.29, 0.717) is 5.69 Å². The van der Waals surface area contributed by atoms with Crippen LogP contribution in [0.4, 0.5) is 16.2 Å². The number of amides is 3. The predicted molar refractivity (Wildman–Crippen MR) is 74.2 cm³/mol. The number of carbonyl (C=O) groups excluding carboxylic acids is 2. The summed E-state index contributed by atoms with van der Waals surface area (Å²) >= 11 is 0. The predicted octanol–water partition coefficient (Wildman–Crippen LogP) is 1.08. The molecule has 3 N–H and O–H groups in total. The van der Waals surface area contributed by atoms with E-state index < -0.39 is 0 Å². The highest BCUT2D eigenvalue weighted by atomic mass is 16.2. The lowest BCUT2D eigenvalue weighted by molar-refractivity contribution is -0.114. The molecule has 0 bridgehead atoms. The molecule has 19 heavy (non-hydrogen) atoms. The molecule has 1 aliphatic rings. The number of hydrogen-bond donors (Lipinski definition) is 3. The van der Waals surface area contributed by atoms with Crippen molar-refractivity contribution in [2.75, 3.05) is 36.8 Å². The molecule has 0 aromatic heterocycles. The maximum absolute atomic E-state index is 11.9. The van der Waals surface area contributed by atoms with E-state index in [0.717, 1.165) is 31.9 Å². The fraction of sp³-hybridized carbons (Fsp3) is 0.385. The highest BCUT2D eigenvalue weighted by Gasteiger charge is 2.15. The minimum atomic E-state index is -0.113. The molecule has 0 atom stereocenters. The fourth-order valence-electron chi connectivity index (χ4n) is 1.91. The SMILES string of the molecule is CC(=O)Nc1ccc(NC(=O)N2CCNCC2)cc1. The first-order chi connectivity index (χ1) is 9.15. The van der Waals surface area contributed by atoms with Gasteiger partial charge in [-0.2, -0.15) is 0 Å².